The minimum atomic E-state index is -0.549. The molecule has 0 rings (SSSR count). The second kappa shape index (κ2) is 58.7. The summed E-state index contributed by atoms with van der Waals surface area (Å²) in [6.07, 6.45) is 76.3. The van der Waals surface area contributed by atoms with Gasteiger partial charge < -0.3 is 14.2 Å². The Balaban J connectivity index is 4.30. The van der Waals surface area contributed by atoms with Crippen molar-refractivity contribution < 1.29 is 23.8 Å². The first-order valence-corrected chi connectivity index (χ1v) is 29.5. The molecule has 0 bridgehead atoms. The predicted octanol–water partition coefficient (Wildman–Crippen LogP) is 20.2. The summed E-state index contributed by atoms with van der Waals surface area (Å²) in [5.41, 5.74) is 0. The molecule has 0 aromatic rings. The molecule has 0 heterocycles. The average molecular weight is 950 g/mol. The lowest BCUT2D eigenvalue weighted by Crippen LogP contribution is -2.30. The third-order valence-electron chi connectivity index (χ3n) is 12.7. The Labute approximate surface area is 423 Å². The van der Waals surface area contributed by atoms with Crippen molar-refractivity contribution >= 4 is 11.9 Å². The van der Waals surface area contributed by atoms with Crippen molar-refractivity contribution in [3.05, 3.63) is 72.9 Å². The lowest BCUT2D eigenvalue weighted by molar-refractivity contribution is -0.163. The van der Waals surface area contributed by atoms with Crippen LogP contribution in [0.3, 0.4) is 0 Å². The minimum Gasteiger partial charge on any atom is -0.462 e. The molecule has 0 saturated heterocycles. The maximum atomic E-state index is 12.9. The average Bonchev–Trinajstić information content (AvgIpc) is 3.34. The van der Waals surface area contributed by atoms with E-state index in [0.29, 0.717) is 19.4 Å². The fourth-order valence-electron chi connectivity index (χ4n) is 8.32. The van der Waals surface area contributed by atoms with E-state index in [4.69, 9.17) is 14.2 Å². The van der Waals surface area contributed by atoms with E-state index in [1.54, 1.807) is 0 Å². The molecule has 394 valence electrons. The maximum absolute atomic E-state index is 12.9. The van der Waals surface area contributed by atoms with Crippen LogP contribution in [0.1, 0.15) is 290 Å². The molecule has 1 atom stereocenters. The van der Waals surface area contributed by atoms with E-state index in [0.717, 1.165) is 77.0 Å². The van der Waals surface area contributed by atoms with Crippen molar-refractivity contribution in [3.8, 4) is 0 Å². The zero-order chi connectivity index (χ0) is 49.2. The molecule has 0 saturated carbocycles. The van der Waals surface area contributed by atoms with Crippen LogP contribution in [0.15, 0.2) is 72.9 Å². The van der Waals surface area contributed by atoms with E-state index in [1.165, 1.54) is 180 Å². The van der Waals surface area contributed by atoms with Crippen LogP contribution in [0.5, 0.6) is 0 Å². The fraction of sp³-hybridized carbons (Fsp3) is 0.778. The van der Waals surface area contributed by atoms with Crippen LogP contribution in [0.4, 0.5) is 0 Å². The molecule has 0 fully saturated rings. The van der Waals surface area contributed by atoms with E-state index in [2.05, 4.69) is 93.7 Å². The third kappa shape index (κ3) is 55.9. The van der Waals surface area contributed by atoms with E-state index in [1.807, 2.05) is 0 Å². The van der Waals surface area contributed by atoms with Crippen LogP contribution in [0, 0.1) is 0 Å². The molecule has 0 aromatic heterocycles. The highest BCUT2D eigenvalue weighted by Gasteiger charge is 2.17. The molecule has 0 spiro atoms. The van der Waals surface area contributed by atoms with Crippen LogP contribution in [0.2, 0.25) is 0 Å². The summed E-state index contributed by atoms with van der Waals surface area (Å²) in [7, 11) is 0. The van der Waals surface area contributed by atoms with Gasteiger partial charge in [0.2, 0.25) is 0 Å². The van der Waals surface area contributed by atoms with Gasteiger partial charge in [0.25, 0.3) is 0 Å². The summed E-state index contributed by atoms with van der Waals surface area (Å²) in [5, 5.41) is 0. The summed E-state index contributed by atoms with van der Waals surface area (Å²) in [5.74, 6) is -0.406. The molecular weight excluding hydrogens is 837 g/mol. The molecule has 0 N–H and O–H groups in total. The van der Waals surface area contributed by atoms with Crippen LogP contribution in [-0.2, 0) is 23.8 Å². The first-order chi connectivity index (χ1) is 33.6. The van der Waals surface area contributed by atoms with Gasteiger partial charge in [-0.1, -0.05) is 241 Å². The molecule has 0 aliphatic rings. The van der Waals surface area contributed by atoms with Crippen LogP contribution >= 0.6 is 0 Å². The number of rotatable bonds is 54. The molecule has 1 unspecified atom stereocenters. The molecule has 0 aromatic carbocycles. The highest BCUT2D eigenvalue weighted by Crippen LogP contribution is 2.15. The topological polar surface area (TPSA) is 61.8 Å². The maximum Gasteiger partial charge on any atom is 0.306 e. The van der Waals surface area contributed by atoms with Crippen LogP contribution in [0.25, 0.3) is 0 Å². The van der Waals surface area contributed by atoms with Crippen molar-refractivity contribution in [3.63, 3.8) is 0 Å². The van der Waals surface area contributed by atoms with Crippen molar-refractivity contribution in [2.24, 2.45) is 0 Å². The number of hydrogen-bond acceptors (Lipinski definition) is 5. The van der Waals surface area contributed by atoms with Crippen molar-refractivity contribution in [2.75, 3.05) is 19.8 Å². The second-order valence-corrected chi connectivity index (χ2v) is 19.5. The van der Waals surface area contributed by atoms with E-state index in [9.17, 15) is 9.59 Å². The zero-order valence-corrected chi connectivity index (χ0v) is 45.4. The number of unbranched alkanes of at least 4 members (excludes halogenated alkanes) is 31. The highest BCUT2D eigenvalue weighted by molar-refractivity contribution is 5.70. The number of allylic oxidation sites excluding steroid dienone is 12. The van der Waals surface area contributed by atoms with Gasteiger partial charge in [0.1, 0.15) is 6.61 Å². The lowest BCUT2D eigenvalue weighted by Gasteiger charge is -2.18. The standard InChI is InChI=1S/C63H112O5/c1-4-7-10-13-16-19-22-25-28-31-34-37-40-43-46-49-52-55-58-66-59-61(68-63(65)57-54-51-48-45-42-39-36-33-30-27-24-21-18-15-12-9-6-3)60-67-62(64)56-53-50-47-44-41-38-35-32-29-26-23-20-17-14-11-8-5-2/h7,10,16-17,19-20,25-30,61H,4-6,8-9,11-15,18,21-24,31-60H2,1-3H3/b10-7-,19-16-,20-17-,28-25-,29-26-,30-27-. The third-order valence-corrected chi connectivity index (χ3v) is 12.7. The second-order valence-electron chi connectivity index (χ2n) is 19.5. The summed E-state index contributed by atoms with van der Waals surface area (Å²) in [6, 6.07) is 0. The summed E-state index contributed by atoms with van der Waals surface area (Å²) >= 11 is 0. The van der Waals surface area contributed by atoms with Gasteiger partial charge in [-0.25, -0.2) is 0 Å². The lowest BCUT2D eigenvalue weighted by atomic mass is 10.1. The van der Waals surface area contributed by atoms with Gasteiger partial charge in [0.15, 0.2) is 6.10 Å². The van der Waals surface area contributed by atoms with Crippen molar-refractivity contribution in [1.29, 1.82) is 0 Å². The normalized spacial score (nSPS) is 12.7. The number of esters is 2. The van der Waals surface area contributed by atoms with Gasteiger partial charge in [0, 0.05) is 19.4 Å². The Hall–Kier alpha value is -2.66. The molecule has 0 amide bonds. The molecule has 5 heteroatoms. The molecule has 0 radical (unpaired) electrons. The number of hydrogen-bond donors (Lipinski definition) is 0. The molecule has 68 heavy (non-hydrogen) atoms. The summed E-state index contributed by atoms with van der Waals surface area (Å²) in [4.78, 5) is 25.5. The summed E-state index contributed by atoms with van der Waals surface area (Å²) < 4.78 is 17.5. The summed E-state index contributed by atoms with van der Waals surface area (Å²) in [6.45, 7) is 7.69. The fourth-order valence-corrected chi connectivity index (χ4v) is 8.32. The Morgan fingerprint density at radius 3 is 1.10 bits per heavy atom. The van der Waals surface area contributed by atoms with E-state index in [-0.39, 0.29) is 25.2 Å². The predicted molar refractivity (Wildman–Crippen MR) is 297 cm³/mol. The van der Waals surface area contributed by atoms with Crippen molar-refractivity contribution in [2.45, 2.75) is 297 Å². The van der Waals surface area contributed by atoms with Gasteiger partial charge in [-0.2, -0.15) is 0 Å². The number of ether oxygens (including phenoxy) is 3. The smallest absolute Gasteiger partial charge is 0.306 e. The van der Waals surface area contributed by atoms with Crippen LogP contribution < -0.4 is 0 Å². The Morgan fingerprint density at radius 1 is 0.338 bits per heavy atom. The Bertz CT molecular complexity index is 1210. The van der Waals surface area contributed by atoms with Gasteiger partial charge in [-0.15, -0.1) is 0 Å². The van der Waals surface area contributed by atoms with E-state index < -0.39 is 6.10 Å². The monoisotopic (exact) mass is 949 g/mol. The van der Waals surface area contributed by atoms with Gasteiger partial charge in [0.05, 0.1) is 6.61 Å². The van der Waals surface area contributed by atoms with E-state index >= 15 is 0 Å². The molecule has 5 nitrogen and oxygen atoms in total. The zero-order valence-electron chi connectivity index (χ0n) is 45.4. The number of carbonyl (C=O) groups is 2. The number of carbonyl (C=O) groups excluding carboxylic acids is 2. The van der Waals surface area contributed by atoms with Crippen molar-refractivity contribution in [1.82, 2.24) is 0 Å². The molecule has 0 aliphatic heterocycles. The first kappa shape index (κ1) is 65.3. The molecular formula is C63H112O5. The van der Waals surface area contributed by atoms with Gasteiger partial charge in [-0.05, 0) is 109 Å². The molecule has 0 aliphatic carbocycles. The van der Waals surface area contributed by atoms with Crippen LogP contribution in [-0.4, -0.2) is 37.9 Å². The quantitative estimate of drug-likeness (QED) is 0.0345. The largest absolute Gasteiger partial charge is 0.462 e. The van der Waals surface area contributed by atoms with Gasteiger partial charge >= 0.3 is 11.9 Å². The Kier molecular flexibility index (Phi) is 56.4. The first-order valence-electron chi connectivity index (χ1n) is 29.5. The Morgan fingerprint density at radius 2 is 0.662 bits per heavy atom. The van der Waals surface area contributed by atoms with Gasteiger partial charge in [-0.3, -0.25) is 9.59 Å². The highest BCUT2D eigenvalue weighted by atomic mass is 16.6. The SMILES string of the molecule is CC/C=C\C/C=C\C/C=C\CCCCCCCCCCOCC(COC(=O)CCCCCCCCC/C=C\C/C=C\CCCCC)OC(=O)CCCCCCCCC/C=C\CCCCCCCC. The minimum absolute atomic E-state index is 0.0757.